The van der Waals surface area contributed by atoms with E-state index in [1.54, 1.807) is 12.1 Å². The van der Waals surface area contributed by atoms with Gasteiger partial charge in [0, 0.05) is 32.0 Å². The average Bonchev–Trinajstić information content (AvgIpc) is 2.51. The summed E-state index contributed by atoms with van der Waals surface area (Å²) in [6, 6.07) is 6.80. The summed E-state index contributed by atoms with van der Waals surface area (Å²) >= 11 is 1.92. The number of nitrogens with zero attached hydrogens (tertiary/aromatic N) is 1. The number of carbonyl (C=O) groups excluding carboxylic acids is 1. The summed E-state index contributed by atoms with van der Waals surface area (Å²) < 4.78 is 80.4. The third kappa shape index (κ3) is 4.82. The Hall–Kier alpha value is -2.05. The van der Waals surface area contributed by atoms with Crippen LogP contribution in [0.5, 0.6) is 5.88 Å². The maximum atomic E-state index is 12.6. The Bertz CT molecular complexity index is 853. The number of amides is 1. The summed E-state index contributed by atoms with van der Waals surface area (Å²) in [5.74, 6) is -1.58. The van der Waals surface area contributed by atoms with Crippen molar-refractivity contribution >= 4 is 28.5 Å². The van der Waals surface area contributed by atoms with Gasteiger partial charge in [-0.05, 0) is 47.7 Å². The molecule has 0 fully saturated rings. The van der Waals surface area contributed by atoms with Crippen molar-refractivity contribution in [2.24, 2.45) is 5.73 Å². The van der Waals surface area contributed by atoms with Crippen molar-refractivity contribution in [2.75, 3.05) is 0 Å². The van der Waals surface area contributed by atoms with E-state index in [0.717, 1.165) is 6.07 Å². The second-order valence-corrected chi connectivity index (χ2v) is 6.55. The van der Waals surface area contributed by atoms with Gasteiger partial charge in [0.05, 0.1) is 0 Å². The number of primary amides is 1. The lowest BCUT2D eigenvalue weighted by molar-refractivity contribution is -0.300. The van der Waals surface area contributed by atoms with Crippen LogP contribution >= 0.6 is 22.6 Å². The lowest BCUT2D eigenvalue weighted by Gasteiger charge is -2.23. The molecule has 11 heteroatoms. The van der Waals surface area contributed by atoms with Gasteiger partial charge in [0.25, 0.3) is 6.10 Å². The molecule has 1 aromatic carbocycles. The van der Waals surface area contributed by atoms with Crippen LogP contribution in [0.4, 0.5) is 26.3 Å². The standard InChI is InChI=1S/C16H11F6IN2O2/c1-7-8(12-9(13(24)26)3-2-4-10(12)23)5-6-11(25-7)27-14(15(17,18)19)16(20,21)22/h2-6,14H,1H3,(H2,24,26). The number of benzene rings is 1. The zero-order valence-electron chi connectivity index (χ0n) is 13.5. The zero-order valence-corrected chi connectivity index (χ0v) is 15.6. The minimum atomic E-state index is -5.65. The highest BCUT2D eigenvalue weighted by atomic mass is 127. The van der Waals surface area contributed by atoms with Gasteiger partial charge in [0.15, 0.2) is 0 Å². The van der Waals surface area contributed by atoms with Gasteiger partial charge >= 0.3 is 12.4 Å². The van der Waals surface area contributed by atoms with Crippen LogP contribution in [0.1, 0.15) is 16.1 Å². The number of carbonyl (C=O) groups is 1. The van der Waals surface area contributed by atoms with E-state index in [2.05, 4.69) is 9.72 Å². The first kappa shape index (κ1) is 21.3. The van der Waals surface area contributed by atoms with Crippen LogP contribution in [0.15, 0.2) is 30.3 Å². The molecule has 2 N–H and O–H groups in total. The van der Waals surface area contributed by atoms with Gasteiger partial charge in [-0.15, -0.1) is 0 Å². The second kappa shape index (κ2) is 7.52. The highest BCUT2D eigenvalue weighted by molar-refractivity contribution is 14.1. The summed E-state index contributed by atoms with van der Waals surface area (Å²) in [5, 5.41) is 0. The lowest BCUT2D eigenvalue weighted by Crippen LogP contribution is -2.46. The van der Waals surface area contributed by atoms with Crippen LogP contribution in [-0.4, -0.2) is 29.3 Å². The third-order valence-electron chi connectivity index (χ3n) is 3.44. The maximum Gasteiger partial charge on any atom is 0.434 e. The predicted molar refractivity (Wildman–Crippen MR) is 92.2 cm³/mol. The molecule has 0 spiro atoms. The Morgan fingerprint density at radius 2 is 1.70 bits per heavy atom. The van der Waals surface area contributed by atoms with Gasteiger partial charge < -0.3 is 10.5 Å². The predicted octanol–water partition coefficient (Wildman–Crippen LogP) is 4.63. The molecule has 2 rings (SSSR count). The molecule has 4 nitrogen and oxygen atoms in total. The van der Waals surface area contributed by atoms with Crippen LogP contribution in [0.25, 0.3) is 11.1 Å². The first-order valence-corrected chi connectivity index (χ1v) is 8.26. The minimum Gasteiger partial charge on any atom is -0.455 e. The molecule has 2 aromatic rings. The molecule has 1 amide bonds. The molecule has 0 saturated carbocycles. The van der Waals surface area contributed by atoms with Crippen molar-refractivity contribution in [1.82, 2.24) is 4.98 Å². The van der Waals surface area contributed by atoms with Crippen LogP contribution < -0.4 is 10.5 Å². The molecule has 0 atom stereocenters. The fourth-order valence-electron chi connectivity index (χ4n) is 2.31. The first-order chi connectivity index (χ1) is 12.3. The van der Waals surface area contributed by atoms with E-state index in [0.29, 0.717) is 14.7 Å². The number of halogens is 7. The summed E-state index contributed by atoms with van der Waals surface area (Å²) in [6.45, 7) is 1.37. The van der Waals surface area contributed by atoms with E-state index in [4.69, 9.17) is 5.73 Å². The number of aromatic nitrogens is 1. The molecule has 0 aliphatic rings. The molecule has 27 heavy (non-hydrogen) atoms. The monoisotopic (exact) mass is 504 g/mol. The normalized spacial score (nSPS) is 12.3. The topological polar surface area (TPSA) is 65.2 Å². The van der Waals surface area contributed by atoms with Crippen molar-refractivity contribution in [2.45, 2.75) is 25.4 Å². The van der Waals surface area contributed by atoms with Crippen molar-refractivity contribution in [3.63, 3.8) is 0 Å². The Morgan fingerprint density at radius 3 is 2.19 bits per heavy atom. The van der Waals surface area contributed by atoms with Gasteiger partial charge in [-0.2, -0.15) is 26.3 Å². The van der Waals surface area contributed by atoms with Crippen molar-refractivity contribution in [1.29, 1.82) is 0 Å². The molecular formula is C16H11F6IN2O2. The lowest BCUT2D eigenvalue weighted by atomic mass is 9.98. The number of pyridine rings is 1. The van der Waals surface area contributed by atoms with Crippen LogP contribution in [0, 0.1) is 10.5 Å². The van der Waals surface area contributed by atoms with Gasteiger partial charge in [0.1, 0.15) is 0 Å². The van der Waals surface area contributed by atoms with Crippen LogP contribution in [0.2, 0.25) is 0 Å². The molecule has 0 aliphatic heterocycles. The van der Waals surface area contributed by atoms with Gasteiger partial charge in [0.2, 0.25) is 11.8 Å². The Morgan fingerprint density at radius 1 is 1.11 bits per heavy atom. The zero-order chi connectivity index (χ0) is 20.6. The smallest absolute Gasteiger partial charge is 0.434 e. The molecule has 1 aromatic heterocycles. The highest BCUT2D eigenvalue weighted by Gasteiger charge is 2.59. The summed E-state index contributed by atoms with van der Waals surface area (Å²) in [4.78, 5) is 15.3. The van der Waals surface area contributed by atoms with E-state index >= 15 is 0 Å². The number of nitrogens with two attached hydrogens (primary N) is 1. The molecular weight excluding hydrogens is 493 g/mol. The molecule has 1 heterocycles. The number of aryl methyl sites for hydroxylation is 1. The molecule has 0 saturated heterocycles. The van der Waals surface area contributed by atoms with E-state index in [9.17, 15) is 31.1 Å². The number of rotatable bonds is 4. The van der Waals surface area contributed by atoms with E-state index in [-0.39, 0.29) is 11.3 Å². The second-order valence-electron chi connectivity index (χ2n) is 5.39. The van der Waals surface area contributed by atoms with E-state index in [1.807, 2.05) is 22.6 Å². The number of hydrogen-bond acceptors (Lipinski definition) is 3. The average molecular weight is 504 g/mol. The van der Waals surface area contributed by atoms with Gasteiger partial charge in [-0.1, -0.05) is 6.07 Å². The quantitative estimate of drug-likeness (QED) is 0.488. The summed E-state index contributed by atoms with van der Waals surface area (Å²) in [6.07, 6.45) is -15.3. The molecule has 0 aliphatic carbocycles. The minimum absolute atomic E-state index is 0.0715. The molecule has 0 radical (unpaired) electrons. The number of alkyl halides is 6. The Labute approximate surface area is 162 Å². The molecule has 0 bridgehead atoms. The number of hydrogen-bond donors (Lipinski definition) is 1. The molecule has 0 unspecified atom stereocenters. The maximum absolute atomic E-state index is 12.6. The number of ether oxygens (including phenoxy) is 1. The largest absolute Gasteiger partial charge is 0.455 e. The molecule has 146 valence electrons. The van der Waals surface area contributed by atoms with Crippen LogP contribution in [-0.2, 0) is 0 Å². The Balaban J connectivity index is 2.47. The fraction of sp³-hybridized carbons (Fsp3) is 0.250. The van der Waals surface area contributed by atoms with Crippen molar-refractivity contribution in [3.8, 4) is 17.0 Å². The summed E-state index contributed by atoms with van der Waals surface area (Å²) in [5.41, 5.74) is 6.25. The van der Waals surface area contributed by atoms with E-state index in [1.165, 1.54) is 19.1 Å². The first-order valence-electron chi connectivity index (χ1n) is 7.18. The Kier molecular flexibility index (Phi) is 5.92. The van der Waals surface area contributed by atoms with Crippen molar-refractivity contribution < 1.29 is 35.9 Å². The highest BCUT2D eigenvalue weighted by Crippen LogP contribution is 2.37. The SMILES string of the molecule is Cc1nc(OC(C(F)(F)F)C(F)(F)F)ccc1-c1c(I)cccc1C(N)=O. The van der Waals surface area contributed by atoms with Gasteiger partial charge in [-0.3, -0.25) is 4.79 Å². The summed E-state index contributed by atoms with van der Waals surface area (Å²) in [7, 11) is 0. The van der Waals surface area contributed by atoms with E-state index < -0.39 is 30.2 Å². The van der Waals surface area contributed by atoms with Gasteiger partial charge in [-0.25, -0.2) is 4.98 Å². The fourth-order valence-corrected chi connectivity index (χ4v) is 3.10. The van der Waals surface area contributed by atoms with Crippen molar-refractivity contribution in [3.05, 3.63) is 45.2 Å². The van der Waals surface area contributed by atoms with Crippen LogP contribution in [0.3, 0.4) is 0 Å². The third-order valence-corrected chi connectivity index (χ3v) is 4.34.